The quantitative estimate of drug-likeness (QED) is 0.732. The van der Waals surface area contributed by atoms with Gasteiger partial charge in [-0.25, -0.2) is 4.79 Å². The van der Waals surface area contributed by atoms with E-state index >= 15 is 0 Å². The molecule has 0 aromatic heterocycles. The van der Waals surface area contributed by atoms with Gasteiger partial charge >= 0.3 is 5.97 Å². The molecule has 0 bridgehead atoms. The monoisotopic (exact) mass is 226 g/mol. The molecular weight excluding hydrogens is 208 g/mol. The summed E-state index contributed by atoms with van der Waals surface area (Å²) < 4.78 is 11.5. The number of ether oxygens (including phenoxy) is 2. The molecule has 1 saturated heterocycles. The van der Waals surface area contributed by atoms with Crippen LogP contribution in [0.3, 0.4) is 0 Å². The van der Waals surface area contributed by atoms with Crippen LogP contribution in [0.2, 0.25) is 0 Å². The van der Waals surface area contributed by atoms with Crippen molar-refractivity contribution in [3.05, 3.63) is 12.2 Å². The normalized spacial score (nSPS) is 33.6. The van der Waals surface area contributed by atoms with Gasteiger partial charge in [0.05, 0.1) is 0 Å². The first kappa shape index (κ1) is 11.6. The maximum Gasteiger partial charge on any atom is 0.336 e. The minimum absolute atomic E-state index is 0.444. The Balaban J connectivity index is 2.12. The fourth-order valence-corrected chi connectivity index (χ4v) is 2.48. The van der Waals surface area contributed by atoms with Gasteiger partial charge in [0.15, 0.2) is 11.9 Å². The molecule has 1 N–H and O–H groups in total. The first-order valence-corrected chi connectivity index (χ1v) is 5.88. The Morgan fingerprint density at radius 1 is 1.31 bits per heavy atom. The standard InChI is InChI=1S/C12H18O4/c1-2-6-9-10(11(13)14)16-12(15-9)7-4-3-5-8-12/h2,6,9-10H,3-5,7-8H2,1H3,(H,13,14)/b6-2+/t9-,10-/m1/s1. The molecule has 2 atom stereocenters. The average Bonchev–Trinajstić information content (AvgIpc) is 2.59. The van der Waals surface area contributed by atoms with E-state index in [2.05, 4.69) is 0 Å². The Hall–Kier alpha value is -0.870. The van der Waals surface area contributed by atoms with E-state index in [0.717, 1.165) is 25.7 Å². The number of carbonyl (C=O) groups is 1. The lowest BCUT2D eigenvalue weighted by Crippen LogP contribution is -2.34. The molecule has 0 aromatic rings. The largest absolute Gasteiger partial charge is 0.479 e. The molecule has 1 aliphatic heterocycles. The second-order valence-electron chi connectivity index (χ2n) is 4.46. The lowest BCUT2D eigenvalue weighted by molar-refractivity contribution is -0.196. The highest BCUT2D eigenvalue weighted by atomic mass is 16.8. The summed E-state index contributed by atoms with van der Waals surface area (Å²) in [6, 6.07) is 0. The third-order valence-electron chi connectivity index (χ3n) is 3.23. The van der Waals surface area contributed by atoms with E-state index in [1.807, 2.05) is 13.0 Å². The van der Waals surface area contributed by atoms with Crippen molar-refractivity contribution in [3.8, 4) is 0 Å². The van der Waals surface area contributed by atoms with E-state index in [1.54, 1.807) is 6.08 Å². The van der Waals surface area contributed by atoms with Crippen LogP contribution in [0, 0.1) is 0 Å². The summed E-state index contributed by atoms with van der Waals surface area (Å²) in [5, 5.41) is 9.09. The molecule has 1 saturated carbocycles. The van der Waals surface area contributed by atoms with E-state index in [-0.39, 0.29) is 0 Å². The lowest BCUT2D eigenvalue weighted by Gasteiger charge is -2.31. The van der Waals surface area contributed by atoms with Gasteiger partial charge in [0.25, 0.3) is 0 Å². The van der Waals surface area contributed by atoms with Crippen molar-refractivity contribution >= 4 is 5.97 Å². The summed E-state index contributed by atoms with van der Waals surface area (Å²) in [5.74, 6) is -1.57. The number of hydrogen-bond acceptors (Lipinski definition) is 3. The van der Waals surface area contributed by atoms with Crippen LogP contribution >= 0.6 is 0 Å². The summed E-state index contributed by atoms with van der Waals surface area (Å²) in [7, 11) is 0. The van der Waals surface area contributed by atoms with E-state index < -0.39 is 24.0 Å². The van der Waals surface area contributed by atoms with E-state index in [1.165, 1.54) is 6.42 Å². The zero-order valence-corrected chi connectivity index (χ0v) is 9.52. The van der Waals surface area contributed by atoms with Crippen LogP contribution in [-0.4, -0.2) is 29.1 Å². The van der Waals surface area contributed by atoms with Crippen molar-refractivity contribution in [3.63, 3.8) is 0 Å². The van der Waals surface area contributed by atoms with Gasteiger partial charge in [-0.15, -0.1) is 0 Å². The molecule has 1 spiro atoms. The van der Waals surface area contributed by atoms with Crippen LogP contribution in [-0.2, 0) is 14.3 Å². The highest BCUT2D eigenvalue weighted by molar-refractivity contribution is 5.74. The summed E-state index contributed by atoms with van der Waals surface area (Å²) in [4.78, 5) is 11.1. The van der Waals surface area contributed by atoms with Crippen molar-refractivity contribution in [2.45, 2.75) is 57.0 Å². The maximum absolute atomic E-state index is 11.1. The minimum atomic E-state index is -0.939. The number of carboxylic acids is 1. The summed E-state index contributed by atoms with van der Waals surface area (Å²) in [6.07, 6.45) is 7.18. The molecule has 1 aliphatic carbocycles. The van der Waals surface area contributed by atoms with Crippen molar-refractivity contribution < 1.29 is 19.4 Å². The van der Waals surface area contributed by atoms with Gasteiger partial charge < -0.3 is 14.6 Å². The topological polar surface area (TPSA) is 55.8 Å². The Labute approximate surface area is 95.2 Å². The molecule has 16 heavy (non-hydrogen) atoms. The molecule has 90 valence electrons. The fourth-order valence-electron chi connectivity index (χ4n) is 2.48. The molecule has 0 amide bonds. The molecule has 2 aliphatic rings. The molecular formula is C12H18O4. The Morgan fingerprint density at radius 2 is 2.00 bits per heavy atom. The van der Waals surface area contributed by atoms with Gasteiger partial charge in [0.1, 0.15) is 6.10 Å². The van der Waals surface area contributed by atoms with Gasteiger partial charge in [0.2, 0.25) is 0 Å². The molecule has 0 unspecified atom stereocenters. The van der Waals surface area contributed by atoms with Crippen molar-refractivity contribution in [2.24, 2.45) is 0 Å². The minimum Gasteiger partial charge on any atom is -0.479 e. The fraction of sp³-hybridized carbons (Fsp3) is 0.750. The van der Waals surface area contributed by atoms with Gasteiger partial charge in [-0.05, 0) is 19.8 Å². The molecule has 2 fully saturated rings. The summed E-state index contributed by atoms with van der Waals surface area (Å²) >= 11 is 0. The molecule has 0 radical (unpaired) electrons. The van der Waals surface area contributed by atoms with E-state index in [0.29, 0.717) is 0 Å². The van der Waals surface area contributed by atoms with Crippen molar-refractivity contribution in [2.75, 3.05) is 0 Å². The number of hydrogen-bond donors (Lipinski definition) is 1. The maximum atomic E-state index is 11.1. The van der Waals surface area contributed by atoms with Gasteiger partial charge in [0, 0.05) is 12.8 Å². The number of aliphatic carboxylic acids is 1. The highest BCUT2D eigenvalue weighted by Gasteiger charge is 2.49. The molecule has 4 heteroatoms. The SMILES string of the molecule is C/C=C/[C@H]1OC2(CCCCC2)O[C@H]1C(=O)O. The second kappa shape index (κ2) is 4.55. The summed E-state index contributed by atoms with van der Waals surface area (Å²) in [6.45, 7) is 1.86. The molecule has 2 rings (SSSR count). The molecule has 4 nitrogen and oxygen atoms in total. The average molecular weight is 226 g/mol. The Kier molecular flexibility index (Phi) is 3.30. The van der Waals surface area contributed by atoms with Gasteiger partial charge in [-0.1, -0.05) is 18.6 Å². The van der Waals surface area contributed by atoms with Gasteiger partial charge in [-0.2, -0.15) is 0 Å². The van der Waals surface area contributed by atoms with Crippen LogP contribution < -0.4 is 0 Å². The van der Waals surface area contributed by atoms with E-state index in [9.17, 15) is 4.79 Å². The smallest absolute Gasteiger partial charge is 0.336 e. The second-order valence-corrected chi connectivity index (χ2v) is 4.46. The van der Waals surface area contributed by atoms with Crippen LogP contribution in [0.1, 0.15) is 39.0 Å². The van der Waals surface area contributed by atoms with Crippen LogP contribution in [0.5, 0.6) is 0 Å². The molecule has 0 aromatic carbocycles. The highest BCUT2D eigenvalue weighted by Crippen LogP contribution is 2.40. The molecule has 1 heterocycles. The predicted octanol–water partition coefficient (Wildman–Crippen LogP) is 2.09. The van der Waals surface area contributed by atoms with Crippen LogP contribution in [0.4, 0.5) is 0 Å². The number of rotatable bonds is 2. The van der Waals surface area contributed by atoms with E-state index in [4.69, 9.17) is 14.6 Å². The van der Waals surface area contributed by atoms with Crippen molar-refractivity contribution in [1.29, 1.82) is 0 Å². The number of allylic oxidation sites excluding steroid dienone is 1. The number of carboxylic acid groups (broad SMARTS) is 1. The van der Waals surface area contributed by atoms with Gasteiger partial charge in [-0.3, -0.25) is 0 Å². The summed E-state index contributed by atoms with van der Waals surface area (Å²) in [5.41, 5.74) is 0. The first-order chi connectivity index (χ1) is 7.67. The zero-order valence-electron chi connectivity index (χ0n) is 9.52. The predicted molar refractivity (Wildman–Crippen MR) is 58.0 cm³/mol. The lowest BCUT2D eigenvalue weighted by atomic mass is 9.94. The third kappa shape index (κ3) is 2.13. The Bertz CT molecular complexity index is 291. The van der Waals surface area contributed by atoms with Crippen molar-refractivity contribution in [1.82, 2.24) is 0 Å². The zero-order chi connectivity index (χ0) is 11.6. The van der Waals surface area contributed by atoms with Crippen LogP contribution in [0.15, 0.2) is 12.2 Å². The Morgan fingerprint density at radius 3 is 2.56 bits per heavy atom. The first-order valence-electron chi connectivity index (χ1n) is 5.88. The van der Waals surface area contributed by atoms with Crippen LogP contribution in [0.25, 0.3) is 0 Å². The third-order valence-corrected chi connectivity index (χ3v) is 3.23.